The third-order valence-electron chi connectivity index (χ3n) is 3.19. The van der Waals surface area contributed by atoms with E-state index in [1.165, 1.54) is 0 Å². The summed E-state index contributed by atoms with van der Waals surface area (Å²) < 4.78 is 18.6. The Labute approximate surface area is 146 Å². The van der Waals surface area contributed by atoms with E-state index in [0.29, 0.717) is 12.7 Å². The van der Waals surface area contributed by atoms with Crippen LogP contribution in [0.4, 0.5) is 0 Å². The third kappa shape index (κ3) is 8.09. The van der Waals surface area contributed by atoms with Crippen molar-refractivity contribution in [1.82, 2.24) is 10.2 Å². The molecule has 0 aliphatic rings. The van der Waals surface area contributed by atoms with Crippen molar-refractivity contribution in [2.45, 2.75) is 60.2 Å². The highest BCUT2D eigenvalue weighted by atomic mass is 31.2. The Bertz CT molecular complexity index is 567. The molecule has 0 radical (unpaired) electrons. The van der Waals surface area contributed by atoms with Gasteiger partial charge in [0.15, 0.2) is 0 Å². The van der Waals surface area contributed by atoms with Gasteiger partial charge in [-0.1, -0.05) is 51.1 Å². The molecule has 1 aromatic rings. The first-order valence-electron chi connectivity index (χ1n) is 8.37. The van der Waals surface area contributed by atoms with Crippen LogP contribution in [0.5, 0.6) is 0 Å². The summed E-state index contributed by atoms with van der Waals surface area (Å²) in [7, 11) is -2.96. The Hall–Kier alpha value is -1.16. The average Bonchev–Trinajstić information content (AvgIpc) is 2.43. The molecule has 0 saturated heterocycles. The van der Waals surface area contributed by atoms with E-state index in [-0.39, 0.29) is 17.5 Å². The fourth-order valence-electron chi connectivity index (χ4n) is 2.33. The van der Waals surface area contributed by atoms with Crippen molar-refractivity contribution in [2.75, 3.05) is 6.16 Å². The molecule has 1 aromatic carbocycles. The van der Waals surface area contributed by atoms with Crippen LogP contribution < -0.4 is 10.2 Å². The van der Waals surface area contributed by atoms with Gasteiger partial charge in [-0.05, 0) is 31.7 Å². The summed E-state index contributed by atoms with van der Waals surface area (Å²) in [6.07, 6.45) is 0.243. The summed E-state index contributed by atoms with van der Waals surface area (Å²) in [6, 6.07) is 9.16. The van der Waals surface area contributed by atoms with Gasteiger partial charge in [-0.15, -0.1) is 0 Å². The van der Waals surface area contributed by atoms with Gasteiger partial charge in [0.1, 0.15) is 6.04 Å². The van der Waals surface area contributed by atoms with Crippen LogP contribution in [0.2, 0.25) is 0 Å². The summed E-state index contributed by atoms with van der Waals surface area (Å²) in [5, 5.41) is 6.14. The van der Waals surface area contributed by atoms with E-state index in [1.54, 1.807) is 20.8 Å². The van der Waals surface area contributed by atoms with Crippen LogP contribution in [0.15, 0.2) is 30.3 Å². The molecular formula is C18H31N2O3P. The zero-order valence-electron chi connectivity index (χ0n) is 15.6. The van der Waals surface area contributed by atoms with Crippen LogP contribution in [-0.2, 0) is 20.6 Å². The number of carbonyl (C=O) groups excluding carboxylic acids is 1. The molecule has 0 amide bonds. The van der Waals surface area contributed by atoms with Crippen LogP contribution >= 0.6 is 7.44 Å². The Morgan fingerprint density at radius 1 is 1.17 bits per heavy atom. The minimum absolute atomic E-state index is 0.145. The van der Waals surface area contributed by atoms with Gasteiger partial charge in [-0.3, -0.25) is 14.4 Å². The molecule has 0 fully saturated rings. The fraction of sp³-hybridized carbons (Fsp3) is 0.611. The highest BCUT2D eigenvalue weighted by Crippen LogP contribution is 2.43. The number of nitrogens with one attached hydrogen (secondary N) is 2. The van der Waals surface area contributed by atoms with E-state index in [1.807, 2.05) is 51.1 Å². The molecule has 6 heteroatoms. The Kier molecular flexibility index (Phi) is 7.65. The molecule has 0 aliphatic heterocycles. The van der Waals surface area contributed by atoms with E-state index < -0.39 is 13.5 Å². The topological polar surface area (TPSA) is 67.4 Å². The molecule has 0 saturated carbocycles. The number of rotatable bonds is 8. The molecule has 0 heterocycles. The van der Waals surface area contributed by atoms with Crippen LogP contribution in [0, 0.1) is 5.41 Å². The van der Waals surface area contributed by atoms with Crippen molar-refractivity contribution < 1.29 is 14.1 Å². The van der Waals surface area contributed by atoms with Crippen molar-refractivity contribution >= 4 is 13.4 Å². The summed E-state index contributed by atoms with van der Waals surface area (Å²) in [5.74, 6) is -0.388. The maximum atomic E-state index is 13.4. The quantitative estimate of drug-likeness (QED) is 0.547. The molecule has 0 spiro atoms. The first-order valence-corrected chi connectivity index (χ1v) is 10.3. The van der Waals surface area contributed by atoms with Gasteiger partial charge in [0.2, 0.25) is 7.44 Å². The summed E-state index contributed by atoms with van der Waals surface area (Å²) in [4.78, 5) is 12.0. The van der Waals surface area contributed by atoms with Crippen LogP contribution in [0.1, 0.15) is 47.1 Å². The van der Waals surface area contributed by atoms with Crippen molar-refractivity contribution in [1.29, 1.82) is 0 Å². The van der Waals surface area contributed by atoms with Gasteiger partial charge >= 0.3 is 5.97 Å². The number of esters is 1. The van der Waals surface area contributed by atoms with Crippen LogP contribution in [0.3, 0.4) is 0 Å². The fourth-order valence-corrected chi connectivity index (χ4v) is 5.13. The van der Waals surface area contributed by atoms with Crippen LogP contribution in [0.25, 0.3) is 0 Å². The second kappa shape index (κ2) is 8.80. The zero-order valence-corrected chi connectivity index (χ0v) is 16.5. The molecule has 2 unspecified atom stereocenters. The highest BCUT2D eigenvalue weighted by Gasteiger charge is 2.32. The maximum absolute atomic E-state index is 13.4. The first kappa shape index (κ1) is 20.9. The third-order valence-corrected chi connectivity index (χ3v) is 6.05. The van der Waals surface area contributed by atoms with Crippen LogP contribution in [-0.4, -0.2) is 24.3 Å². The number of hydrogen-bond donors (Lipinski definition) is 2. The van der Waals surface area contributed by atoms with Crippen molar-refractivity contribution in [2.24, 2.45) is 5.41 Å². The predicted molar refractivity (Wildman–Crippen MR) is 99.0 cm³/mol. The molecule has 2 N–H and O–H groups in total. The van der Waals surface area contributed by atoms with Gasteiger partial charge in [-0.2, -0.15) is 0 Å². The SMILES string of the molecule is CC(C)OC(=O)C(C)NP(=O)(CC(C)(C)C)NCc1ccccc1. The van der Waals surface area contributed by atoms with Crippen molar-refractivity contribution in [3.8, 4) is 0 Å². The van der Waals surface area contributed by atoms with E-state index in [2.05, 4.69) is 10.2 Å². The minimum Gasteiger partial charge on any atom is -0.462 e. The average molecular weight is 354 g/mol. The first-order chi connectivity index (χ1) is 11.0. The molecule has 0 aliphatic carbocycles. The van der Waals surface area contributed by atoms with Gasteiger partial charge in [-0.25, -0.2) is 5.09 Å². The molecular weight excluding hydrogens is 323 g/mol. The summed E-state index contributed by atoms with van der Waals surface area (Å²) >= 11 is 0. The summed E-state index contributed by atoms with van der Waals surface area (Å²) in [6.45, 7) is 11.9. The minimum atomic E-state index is -2.96. The largest absolute Gasteiger partial charge is 0.462 e. The van der Waals surface area contributed by atoms with E-state index >= 15 is 0 Å². The van der Waals surface area contributed by atoms with E-state index in [4.69, 9.17) is 4.74 Å². The predicted octanol–water partition coefficient (Wildman–Crippen LogP) is 3.95. The number of hydrogen-bond acceptors (Lipinski definition) is 3. The monoisotopic (exact) mass is 354 g/mol. The second-order valence-electron chi connectivity index (χ2n) is 7.62. The Balaban J connectivity index is 2.81. The maximum Gasteiger partial charge on any atom is 0.323 e. The lowest BCUT2D eigenvalue weighted by Gasteiger charge is -2.30. The number of benzene rings is 1. The lowest BCUT2D eigenvalue weighted by Crippen LogP contribution is -2.39. The van der Waals surface area contributed by atoms with Gasteiger partial charge in [0.25, 0.3) is 0 Å². The molecule has 1 rings (SSSR count). The second-order valence-corrected chi connectivity index (χ2v) is 9.99. The Morgan fingerprint density at radius 3 is 2.25 bits per heavy atom. The van der Waals surface area contributed by atoms with Gasteiger partial charge < -0.3 is 4.74 Å². The zero-order chi connectivity index (χ0) is 18.4. The molecule has 24 heavy (non-hydrogen) atoms. The van der Waals surface area contributed by atoms with E-state index in [9.17, 15) is 9.36 Å². The van der Waals surface area contributed by atoms with E-state index in [0.717, 1.165) is 5.56 Å². The number of carbonyl (C=O) groups is 1. The molecule has 136 valence electrons. The smallest absolute Gasteiger partial charge is 0.323 e. The van der Waals surface area contributed by atoms with Gasteiger partial charge in [0.05, 0.1) is 6.10 Å². The standard InChI is InChI=1S/C18H31N2O3P/c1-14(2)23-17(21)15(3)20-24(22,13-18(4,5)6)19-12-16-10-8-7-9-11-16/h7-11,14-15H,12-13H2,1-6H3,(H2,19,20,22). The normalized spacial score (nSPS) is 15.8. The number of ether oxygens (including phenoxy) is 1. The van der Waals surface area contributed by atoms with Gasteiger partial charge in [0, 0.05) is 12.7 Å². The molecule has 0 aromatic heterocycles. The van der Waals surface area contributed by atoms with Crippen molar-refractivity contribution in [3.05, 3.63) is 35.9 Å². The molecule has 2 atom stereocenters. The highest BCUT2D eigenvalue weighted by molar-refractivity contribution is 7.59. The Morgan fingerprint density at radius 2 is 1.75 bits per heavy atom. The van der Waals surface area contributed by atoms with Crippen molar-refractivity contribution in [3.63, 3.8) is 0 Å². The lowest BCUT2D eigenvalue weighted by atomic mass is 10.0. The lowest BCUT2D eigenvalue weighted by molar-refractivity contribution is -0.148. The summed E-state index contributed by atoms with van der Waals surface area (Å²) in [5.41, 5.74) is 0.902. The molecule has 5 nitrogen and oxygen atoms in total. The molecule has 0 bridgehead atoms.